The first-order chi connectivity index (χ1) is 15.5. The van der Waals surface area contributed by atoms with Crippen molar-refractivity contribution < 1.29 is 26.0 Å². The van der Waals surface area contributed by atoms with Crippen LogP contribution in [-0.4, -0.2) is 24.6 Å². The van der Waals surface area contributed by atoms with Gasteiger partial charge in [0, 0.05) is 17.2 Å². The van der Waals surface area contributed by atoms with Crippen LogP contribution in [0.5, 0.6) is 0 Å². The van der Waals surface area contributed by atoms with Gasteiger partial charge in [0.15, 0.2) is 0 Å². The number of fused-ring (bicyclic) bond motifs is 1. The number of rotatable bonds is 5. The molecule has 10 heteroatoms. The number of hydrogen-bond acceptors (Lipinski definition) is 3. The van der Waals surface area contributed by atoms with Gasteiger partial charge in [-0.1, -0.05) is 36.4 Å². The molecule has 5 nitrogen and oxygen atoms in total. The van der Waals surface area contributed by atoms with Crippen LogP contribution in [0.15, 0.2) is 60.7 Å². The average Bonchev–Trinajstić information content (AvgIpc) is 3.12. The molecule has 2 N–H and O–H groups in total. The molecule has 0 unspecified atom stereocenters. The molecule has 1 heterocycles. The Balaban J connectivity index is 1.66. The summed E-state index contributed by atoms with van der Waals surface area (Å²) in [4.78, 5) is 7.33. The van der Waals surface area contributed by atoms with Crippen molar-refractivity contribution >= 4 is 38.9 Å². The Morgan fingerprint density at radius 3 is 2.33 bits per heavy atom. The highest BCUT2D eigenvalue weighted by Crippen LogP contribution is 2.33. The minimum atomic E-state index is -4.40. The molecular formula is C23H17F4N3O2S. The van der Waals surface area contributed by atoms with Crippen LogP contribution in [0, 0.1) is 5.82 Å². The molecule has 33 heavy (non-hydrogen) atoms. The zero-order valence-corrected chi connectivity index (χ0v) is 17.9. The van der Waals surface area contributed by atoms with Crippen molar-refractivity contribution in [2.24, 2.45) is 0 Å². The molecule has 0 saturated carbocycles. The monoisotopic (exact) mass is 475 g/mol. The molecule has 0 radical (unpaired) electrons. The van der Waals surface area contributed by atoms with E-state index in [0.717, 1.165) is 18.4 Å². The molecular weight excluding hydrogens is 458 g/mol. The van der Waals surface area contributed by atoms with Crippen LogP contribution in [0.4, 0.5) is 23.2 Å². The summed E-state index contributed by atoms with van der Waals surface area (Å²) in [5.74, 6) is -0.198. The number of halogens is 4. The standard InChI is InChI=1S/C23H17F4N3O2S/c1-33(31,32)30-19-5-3-2-4-16(19)17-12-20-21(13-18(17)24)29-22(28-20)11-8-14-6-9-15(10-7-14)23(25,26)27/h2-13,30H,1H3,(H,28,29)/b11-8+. The minimum absolute atomic E-state index is 0.166. The van der Waals surface area contributed by atoms with E-state index < -0.39 is 27.6 Å². The molecule has 4 aromatic rings. The van der Waals surface area contributed by atoms with Crippen molar-refractivity contribution in [1.29, 1.82) is 0 Å². The maximum Gasteiger partial charge on any atom is 0.416 e. The number of benzene rings is 3. The van der Waals surface area contributed by atoms with E-state index in [-0.39, 0.29) is 11.3 Å². The summed E-state index contributed by atoms with van der Waals surface area (Å²) >= 11 is 0. The molecule has 170 valence electrons. The van der Waals surface area contributed by atoms with Gasteiger partial charge in [-0.05, 0) is 35.9 Å². The van der Waals surface area contributed by atoms with Crippen LogP contribution in [0.2, 0.25) is 0 Å². The van der Waals surface area contributed by atoms with Crippen molar-refractivity contribution in [1.82, 2.24) is 9.97 Å². The van der Waals surface area contributed by atoms with Crippen LogP contribution >= 0.6 is 0 Å². The van der Waals surface area contributed by atoms with E-state index in [9.17, 15) is 26.0 Å². The number of sulfonamides is 1. The first-order valence-corrected chi connectivity index (χ1v) is 11.5. The molecule has 3 aromatic carbocycles. The average molecular weight is 475 g/mol. The molecule has 1 aromatic heterocycles. The highest BCUT2D eigenvalue weighted by Gasteiger charge is 2.29. The largest absolute Gasteiger partial charge is 0.416 e. The van der Waals surface area contributed by atoms with Gasteiger partial charge in [-0.25, -0.2) is 17.8 Å². The second kappa shape index (κ2) is 8.36. The number of H-pyrrole nitrogens is 1. The van der Waals surface area contributed by atoms with Crippen molar-refractivity contribution in [2.75, 3.05) is 11.0 Å². The summed E-state index contributed by atoms with van der Waals surface area (Å²) in [6, 6.07) is 13.8. The summed E-state index contributed by atoms with van der Waals surface area (Å²) < 4.78 is 78.6. The smallest absolute Gasteiger partial charge is 0.338 e. The molecule has 0 aliphatic carbocycles. The number of para-hydroxylation sites is 1. The molecule has 0 amide bonds. The first kappa shape index (κ1) is 22.5. The number of alkyl halides is 3. The van der Waals surface area contributed by atoms with Gasteiger partial charge in [-0.3, -0.25) is 4.72 Å². The second-order valence-corrected chi connectivity index (χ2v) is 9.09. The number of hydrogen-bond donors (Lipinski definition) is 2. The quantitative estimate of drug-likeness (QED) is 0.352. The molecule has 0 bridgehead atoms. The second-order valence-electron chi connectivity index (χ2n) is 7.34. The topological polar surface area (TPSA) is 74.8 Å². The maximum absolute atomic E-state index is 14.9. The van der Waals surface area contributed by atoms with Crippen molar-refractivity contribution in [3.05, 3.63) is 83.4 Å². The molecule has 0 aliphatic rings. The van der Waals surface area contributed by atoms with E-state index in [4.69, 9.17) is 0 Å². The maximum atomic E-state index is 14.9. The first-order valence-electron chi connectivity index (χ1n) is 9.61. The summed E-state index contributed by atoms with van der Waals surface area (Å²) in [5, 5.41) is 0. The third-order valence-corrected chi connectivity index (χ3v) is 5.36. The summed E-state index contributed by atoms with van der Waals surface area (Å²) in [6.07, 6.45) is -0.246. The molecule has 0 aliphatic heterocycles. The molecule has 0 fully saturated rings. The lowest BCUT2D eigenvalue weighted by Gasteiger charge is -2.11. The van der Waals surface area contributed by atoms with Gasteiger partial charge >= 0.3 is 6.18 Å². The number of nitrogens with zero attached hydrogens (tertiary/aromatic N) is 1. The van der Waals surface area contributed by atoms with Crippen LogP contribution in [0.1, 0.15) is 17.0 Å². The zero-order valence-electron chi connectivity index (χ0n) is 17.1. The Bertz CT molecular complexity index is 1460. The molecule has 4 rings (SSSR count). The van der Waals surface area contributed by atoms with E-state index in [2.05, 4.69) is 14.7 Å². The molecule has 0 spiro atoms. The predicted molar refractivity (Wildman–Crippen MR) is 120 cm³/mol. The third-order valence-electron chi connectivity index (χ3n) is 4.77. The van der Waals surface area contributed by atoms with Crippen LogP contribution in [0.25, 0.3) is 34.3 Å². The lowest BCUT2D eigenvalue weighted by Crippen LogP contribution is -2.10. The lowest BCUT2D eigenvalue weighted by molar-refractivity contribution is -0.137. The normalized spacial score (nSPS) is 12.5. The highest BCUT2D eigenvalue weighted by molar-refractivity contribution is 7.92. The summed E-state index contributed by atoms with van der Waals surface area (Å²) in [5.41, 5.74) is 1.40. The molecule has 0 saturated heterocycles. The van der Waals surface area contributed by atoms with E-state index >= 15 is 0 Å². The third kappa shape index (κ3) is 5.23. The van der Waals surface area contributed by atoms with E-state index in [1.54, 1.807) is 30.4 Å². The highest BCUT2D eigenvalue weighted by atomic mass is 32.2. The number of imidazole rings is 1. The Morgan fingerprint density at radius 1 is 0.970 bits per heavy atom. The van der Waals surface area contributed by atoms with Crippen LogP contribution in [0.3, 0.4) is 0 Å². The Kier molecular flexibility index (Phi) is 5.71. The van der Waals surface area contributed by atoms with Crippen molar-refractivity contribution in [3.63, 3.8) is 0 Å². The van der Waals surface area contributed by atoms with Gasteiger partial charge in [0.1, 0.15) is 11.6 Å². The zero-order chi connectivity index (χ0) is 23.8. The van der Waals surface area contributed by atoms with Crippen molar-refractivity contribution in [3.8, 4) is 11.1 Å². The summed E-state index contributed by atoms with van der Waals surface area (Å²) in [7, 11) is -3.57. The molecule has 0 atom stereocenters. The number of aromatic nitrogens is 2. The predicted octanol–water partition coefficient (Wildman–Crippen LogP) is 5.93. The summed E-state index contributed by atoms with van der Waals surface area (Å²) in [6.45, 7) is 0. The fourth-order valence-electron chi connectivity index (χ4n) is 3.30. The van der Waals surface area contributed by atoms with Gasteiger partial charge in [0.05, 0.1) is 28.5 Å². The van der Waals surface area contributed by atoms with Crippen LogP contribution in [-0.2, 0) is 16.2 Å². The van der Waals surface area contributed by atoms with Gasteiger partial charge in [-0.2, -0.15) is 13.2 Å². The fraction of sp³-hybridized carbons (Fsp3) is 0.0870. The number of aromatic amines is 1. The van der Waals surface area contributed by atoms with Crippen LogP contribution < -0.4 is 4.72 Å². The minimum Gasteiger partial charge on any atom is -0.338 e. The van der Waals surface area contributed by atoms with Gasteiger partial charge < -0.3 is 4.98 Å². The van der Waals surface area contributed by atoms with E-state index in [1.807, 2.05) is 0 Å². The SMILES string of the molecule is CS(=O)(=O)Nc1ccccc1-c1cc2nc(/C=C/c3ccc(C(F)(F)F)cc3)[nH]c2cc1F. The fourth-order valence-corrected chi connectivity index (χ4v) is 3.88. The Hall–Kier alpha value is -3.66. The van der Waals surface area contributed by atoms with E-state index in [1.165, 1.54) is 30.3 Å². The van der Waals surface area contributed by atoms with E-state index in [0.29, 0.717) is 28.0 Å². The number of anilines is 1. The number of nitrogens with one attached hydrogen (secondary N) is 2. The Morgan fingerprint density at radius 2 is 1.67 bits per heavy atom. The van der Waals surface area contributed by atoms with Gasteiger partial charge in [-0.15, -0.1) is 0 Å². The van der Waals surface area contributed by atoms with Gasteiger partial charge in [0.25, 0.3) is 0 Å². The van der Waals surface area contributed by atoms with Crippen molar-refractivity contribution in [2.45, 2.75) is 6.18 Å². The Labute approximate surface area is 186 Å². The van der Waals surface area contributed by atoms with Gasteiger partial charge in [0.2, 0.25) is 10.0 Å². The lowest BCUT2D eigenvalue weighted by atomic mass is 10.0.